The van der Waals surface area contributed by atoms with Crippen LogP contribution in [0.5, 0.6) is 0 Å². The van der Waals surface area contributed by atoms with Crippen LogP contribution in [0.3, 0.4) is 0 Å². The van der Waals surface area contributed by atoms with Crippen molar-refractivity contribution in [2.45, 2.75) is 58.9 Å². The number of rotatable bonds is 14. The minimum atomic E-state index is -1.00. The Morgan fingerprint density at radius 2 is 1.64 bits per heavy atom. The van der Waals surface area contributed by atoms with Gasteiger partial charge in [-0.2, -0.15) is 11.8 Å². The van der Waals surface area contributed by atoms with Crippen molar-refractivity contribution in [3.63, 3.8) is 0 Å². The number of thioether (sulfide) groups is 1. The second-order valence-corrected chi connectivity index (χ2v) is 12.0. The van der Waals surface area contributed by atoms with Crippen molar-refractivity contribution < 1.29 is 14.7 Å². The second kappa shape index (κ2) is 18.6. The van der Waals surface area contributed by atoms with Crippen molar-refractivity contribution in [3.8, 4) is 11.1 Å². The van der Waals surface area contributed by atoms with E-state index >= 15 is 0 Å². The van der Waals surface area contributed by atoms with Gasteiger partial charge in [0.05, 0.1) is 0 Å². The monoisotopic (exact) mass is 565 g/mol. The molecule has 0 saturated carbocycles. The lowest BCUT2D eigenvalue weighted by Gasteiger charge is -2.17. The minimum absolute atomic E-state index is 0.348. The molecule has 0 aromatic heterocycles. The molecule has 4 nitrogen and oxygen atoms in total. The Labute approximate surface area is 241 Å². The molecule has 2 unspecified atom stereocenters. The maximum atomic E-state index is 12.8. The predicted molar refractivity (Wildman–Crippen MR) is 171 cm³/mol. The standard InChI is InChI=1S/C21H25NO3S.C12H19P/c1-4-15-9-10-17(18(13-15)16-8-6-5-7-14(16)2)20(23)22-19(21(24)25)11-12-26-3;1-2-3-10-13-11-9-12-7-5-4-6-8-12/h5-10,13,19H,4,11-12H2,1-3H3,(H,22,23)(H,24,25);4-8,13H,2-3,9-11H2,1H3. The van der Waals surface area contributed by atoms with Gasteiger partial charge in [-0.1, -0.05) is 87.0 Å². The molecule has 39 heavy (non-hydrogen) atoms. The number of aryl methyl sites for hydroxylation is 3. The zero-order valence-electron chi connectivity index (χ0n) is 23.8. The summed E-state index contributed by atoms with van der Waals surface area (Å²) >= 11 is 1.56. The number of aliphatic carboxylic acids is 1. The molecular weight excluding hydrogens is 521 g/mol. The fourth-order valence-electron chi connectivity index (χ4n) is 4.14. The molecule has 0 heterocycles. The average molecular weight is 566 g/mol. The molecule has 1 amide bonds. The van der Waals surface area contributed by atoms with E-state index in [-0.39, 0.29) is 5.91 Å². The summed E-state index contributed by atoms with van der Waals surface area (Å²) in [4.78, 5) is 24.3. The smallest absolute Gasteiger partial charge is 0.326 e. The summed E-state index contributed by atoms with van der Waals surface area (Å²) in [5.41, 5.74) is 6.04. The summed E-state index contributed by atoms with van der Waals surface area (Å²) in [6, 6.07) is 23.6. The highest BCUT2D eigenvalue weighted by Gasteiger charge is 2.22. The summed E-state index contributed by atoms with van der Waals surface area (Å²) in [6.07, 6.45) is 10.0. The number of unbranched alkanes of at least 4 members (excludes halogenated alkanes) is 1. The third-order valence-electron chi connectivity index (χ3n) is 6.53. The summed E-state index contributed by atoms with van der Waals surface area (Å²) in [5.74, 6) is -0.675. The zero-order valence-corrected chi connectivity index (χ0v) is 25.7. The first-order valence-electron chi connectivity index (χ1n) is 13.9. The highest BCUT2D eigenvalue weighted by atomic mass is 32.2. The minimum Gasteiger partial charge on any atom is -0.480 e. The van der Waals surface area contributed by atoms with E-state index in [1.165, 1.54) is 37.1 Å². The zero-order chi connectivity index (χ0) is 28.5. The van der Waals surface area contributed by atoms with Crippen molar-refractivity contribution >= 4 is 32.2 Å². The molecule has 0 fully saturated rings. The lowest BCUT2D eigenvalue weighted by molar-refractivity contribution is -0.139. The third kappa shape index (κ3) is 11.6. The van der Waals surface area contributed by atoms with Gasteiger partial charge in [-0.15, -0.1) is 8.58 Å². The van der Waals surface area contributed by atoms with Gasteiger partial charge in [0, 0.05) is 5.56 Å². The maximum absolute atomic E-state index is 12.8. The number of carboxylic acid groups (broad SMARTS) is 1. The van der Waals surface area contributed by atoms with Crippen molar-refractivity contribution in [1.82, 2.24) is 5.32 Å². The molecule has 0 aliphatic carbocycles. The van der Waals surface area contributed by atoms with Crippen LogP contribution in [-0.4, -0.2) is 47.4 Å². The molecular formula is C33H44NO3PS. The molecule has 3 aromatic rings. The molecule has 0 saturated heterocycles. The number of amides is 1. The molecule has 3 rings (SSSR count). The van der Waals surface area contributed by atoms with E-state index in [0.717, 1.165) is 37.3 Å². The summed E-state index contributed by atoms with van der Waals surface area (Å²) in [5, 5.41) is 12.1. The quantitative estimate of drug-likeness (QED) is 0.154. The van der Waals surface area contributed by atoms with Crippen LogP contribution in [-0.2, 0) is 17.6 Å². The highest BCUT2D eigenvalue weighted by Crippen LogP contribution is 2.28. The summed E-state index contributed by atoms with van der Waals surface area (Å²) in [6.45, 7) is 6.34. The van der Waals surface area contributed by atoms with Gasteiger partial charge < -0.3 is 10.4 Å². The van der Waals surface area contributed by atoms with E-state index in [0.29, 0.717) is 17.7 Å². The fraction of sp³-hybridized carbons (Fsp3) is 0.394. The number of carbonyl (C=O) groups excluding carboxylic acids is 1. The van der Waals surface area contributed by atoms with Crippen LogP contribution in [0.1, 0.15) is 60.2 Å². The van der Waals surface area contributed by atoms with E-state index in [9.17, 15) is 14.7 Å². The number of carbonyl (C=O) groups is 2. The third-order valence-corrected chi connectivity index (χ3v) is 8.48. The van der Waals surface area contributed by atoms with Crippen LogP contribution in [0.15, 0.2) is 72.8 Å². The predicted octanol–water partition coefficient (Wildman–Crippen LogP) is 7.87. The lowest BCUT2D eigenvalue weighted by atomic mass is 9.93. The second-order valence-electron chi connectivity index (χ2n) is 9.53. The highest BCUT2D eigenvalue weighted by molar-refractivity contribution is 7.98. The Morgan fingerprint density at radius 1 is 0.923 bits per heavy atom. The molecule has 0 spiro atoms. The van der Waals surface area contributed by atoms with Crippen LogP contribution in [0.25, 0.3) is 11.1 Å². The van der Waals surface area contributed by atoms with E-state index < -0.39 is 12.0 Å². The Bertz CT molecular complexity index is 1150. The summed E-state index contributed by atoms with van der Waals surface area (Å²) in [7, 11) is 1.16. The van der Waals surface area contributed by atoms with Gasteiger partial charge in [-0.05, 0) is 90.8 Å². The van der Waals surface area contributed by atoms with Crippen LogP contribution in [0.4, 0.5) is 0 Å². The molecule has 0 aliphatic rings. The fourth-order valence-corrected chi connectivity index (χ4v) is 5.93. The Morgan fingerprint density at radius 3 is 2.28 bits per heavy atom. The molecule has 0 aliphatic heterocycles. The van der Waals surface area contributed by atoms with E-state index in [4.69, 9.17) is 0 Å². The first kappa shape index (κ1) is 32.6. The first-order chi connectivity index (χ1) is 18.9. The van der Waals surface area contributed by atoms with Crippen molar-refractivity contribution in [1.29, 1.82) is 0 Å². The molecule has 0 bridgehead atoms. The van der Waals surface area contributed by atoms with Crippen LogP contribution in [0, 0.1) is 6.92 Å². The number of nitrogens with one attached hydrogen (secondary N) is 1. The number of benzene rings is 3. The van der Waals surface area contributed by atoms with Crippen LogP contribution >= 0.6 is 20.3 Å². The Balaban J connectivity index is 0.000000344. The van der Waals surface area contributed by atoms with Crippen molar-refractivity contribution in [3.05, 3.63) is 95.1 Å². The molecule has 210 valence electrons. The molecule has 0 radical (unpaired) electrons. The SMILES string of the molecule is CCCCPCCc1ccccc1.CCc1ccc(C(=O)NC(CCSC)C(=O)O)c(-c2ccccc2C)c1. The molecule has 2 atom stereocenters. The van der Waals surface area contributed by atoms with Gasteiger partial charge in [-0.3, -0.25) is 4.79 Å². The van der Waals surface area contributed by atoms with E-state index in [1.807, 2.05) is 49.6 Å². The van der Waals surface area contributed by atoms with Gasteiger partial charge in [0.25, 0.3) is 5.91 Å². The molecule has 3 aromatic carbocycles. The van der Waals surface area contributed by atoms with Gasteiger partial charge in [-0.25, -0.2) is 4.79 Å². The first-order valence-corrected chi connectivity index (χ1v) is 16.7. The van der Waals surface area contributed by atoms with Gasteiger partial charge in [0.1, 0.15) is 6.04 Å². The molecule has 2 N–H and O–H groups in total. The van der Waals surface area contributed by atoms with Gasteiger partial charge in [0.2, 0.25) is 0 Å². The number of hydrogen-bond donors (Lipinski definition) is 2. The maximum Gasteiger partial charge on any atom is 0.326 e. The van der Waals surface area contributed by atoms with Crippen LogP contribution < -0.4 is 5.32 Å². The topological polar surface area (TPSA) is 66.4 Å². The largest absolute Gasteiger partial charge is 0.480 e. The Kier molecular flexibility index (Phi) is 15.6. The normalized spacial score (nSPS) is 11.6. The van der Waals surface area contributed by atoms with Crippen molar-refractivity contribution in [2.24, 2.45) is 0 Å². The number of carboxylic acids is 1. The molecule has 6 heteroatoms. The number of hydrogen-bond acceptors (Lipinski definition) is 3. The van der Waals surface area contributed by atoms with Gasteiger partial charge in [0.15, 0.2) is 0 Å². The van der Waals surface area contributed by atoms with Gasteiger partial charge >= 0.3 is 5.97 Å². The van der Waals surface area contributed by atoms with Crippen molar-refractivity contribution in [2.75, 3.05) is 24.3 Å². The van der Waals surface area contributed by atoms with E-state index in [2.05, 4.69) is 49.5 Å². The van der Waals surface area contributed by atoms with E-state index in [1.54, 1.807) is 17.8 Å². The lowest BCUT2D eigenvalue weighted by Crippen LogP contribution is -2.41. The summed E-state index contributed by atoms with van der Waals surface area (Å²) < 4.78 is 0. The Hall–Kier alpha value is -2.62. The average Bonchev–Trinajstić information content (AvgIpc) is 2.95. The van der Waals surface area contributed by atoms with Crippen LogP contribution in [0.2, 0.25) is 0 Å².